The Labute approximate surface area is 185 Å². The second-order valence-electron chi connectivity index (χ2n) is 7.98. The van der Waals surface area contributed by atoms with Crippen molar-refractivity contribution in [1.82, 2.24) is 24.2 Å². The predicted octanol–water partition coefficient (Wildman–Crippen LogP) is 2.90. The standard InChI is InChI=1S/C23H25ClN6O/c1-17-5-8-22(26-25-17)28-14-12-27(13-15-28)9-3-11-30-19-7-6-18(24)16-21(19)29-10-2-4-20(29)23(30)31/h2,4-8,10,16,25H,1,3,9,11-15H2. The minimum absolute atomic E-state index is 0.0424. The van der Waals surface area contributed by atoms with Crippen molar-refractivity contribution in [3.8, 4) is 0 Å². The zero-order valence-corrected chi connectivity index (χ0v) is 18.1. The van der Waals surface area contributed by atoms with E-state index in [1.165, 1.54) is 0 Å². The van der Waals surface area contributed by atoms with E-state index in [9.17, 15) is 4.79 Å². The third kappa shape index (κ3) is 3.86. The van der Waals surface area contributed by atoms with Crippen LogP contribution in [0.1, 0.15) is 6.42 Å². The Morgan fingerprint density at radius 3 is 2.65 bits per heavy atom. The van der Waals surface area contributed by atoms with Gasteiger partial charge in [-0.3, -0.25) is 15.1 Å². The summed E-state index contributed by atoms with van der Waals surface area (Å²) < 4.78 is 3.81. The summed E-state index contributed by atoms with van der Waals surface area (Å²) in [6.07, 6.45) is 6.79. The average molecular weight is 437 g/mol. The molecule has 0 unspecified atom stereocenters. The fourth-order valence-corrected chi connectivity index (χ4v) is 4.53. The Morgan fingerprint density at radius 1 is 1.03 bits per heavy atom. The molecule has 0 radical (unpaired) electrons. The quantitative estimate of drug-likeness (QED) is 0.683. The van der Waals surface area contributed by atoms with Crippen molar-refractivity contribution in [3.05, 3.63) is 76.3 Å². The Hall–Kier alpha value is -3.03. The molecule has 4 heterocycles. The van der Waals surface area contributed by atoms with Gasteiger partial charge in [0.05, 0.1) is 11.0 Å². The van der Waals surface area contributed by atoms with Crippen LogP contribution in [0.15, 0.2) is 70.9 Å². The molecule has 7 nitrogen and oxygen atoms in total. The molecule has 8 heteroatoms. The lowest BCUT2D eigenvalue weighted by Crippen LogP contribution is -2.49. The minimum atomic E-state index is 0.0424. The van der Waals surface area contributed by atoms with Gasteiger partial charge in [0, 0.05) is 49.6 Å². The number of aryl methyl sites for hydroxylation is 1. The highest BCUT2D eigenvalue weighted by Gasteiger charge is 2.19. The first-order valence-corrected chi connectivity index (χ1v) is 10.9. The second-order valence-corrected chi connectivity index (χ2v) is 8.41. The number of amidine groups is 1. The highest BCUT2D eigenvalue weighted by atomic mass is 35.5. The average Bonchev–Trinajstić information content (AvgIpc) is 3.28. The molecule has 0 atom stereocenters. The van der Waals surface area contributed by atoms with Crippen LogP contribution in [0, 0.1) is 0 Å². The summed E-state index contributed by atoms with van der Waals surface area (Å²) in [5.74, 6) is 0.962. The summed E-state index contributed by atoms with van der Waals surface area (Å²) in [6.45, 7) is 9.33. The van der Waals surface area contributed by atoms with E-state index >= 15 is 0 Å². The van der Waals surface area contributed by atoms with E-state index in [2.05, 4.69) is 26.9 Å². The molecule has 160 valence electrons. The van der Waals surface area contributed by atoms with E-state index in [1.54, 1.807) is 0 Å². The van der Waals surface area contributed by atoms with Gasteiger partial charge in [0.15, 0.2) is 0 Å². The van der Waals surface area contributed by atoms with Crippen LogP contribution in [0.2, 0.25) is 5.02 Å². The number of hydrazone groups is 1. The lowest BCUT2D eigenvalue weighted by Gasteiger charge is -2.36. The van der Waals surface area contributed by atoms with Crippen LogP contribution in [0.3, 0.4) is 0 Å². The lowest BCUT2D eigenvalue weighted by atomic mass is 10.2. The van der Waals surface area contributed by atoms with E-state index in [0.29, 0.717) is 17.1 Å². The number of hydrogen-bond acceptors (Lipinski definition) is 5. The molecule has 1 fully saturated rings. The molecule has 2 aliphatic rings. The van der Waals surface area contributed by atoms with Crippen LogP contribution in [0.4, 0.5) is 0 Å². The van der Waals surface area contributed by atoms with Crippen LogP contribution in [0.5, 0.6) is 0 Å². The molecule has 2 aliphatic heterocycles. The van der Waals surface area contributed by atoms with E-state index in [-0.39, 0.29) is 5.56 Å². The van der Waals surface area contributed by atoms with Crippen LogP contribution in [-0.2, 0) is 6.54 Å². The first kappa shape index (κ1) is 19.9. The first-order chi connectivity index (χ1) is 15.1. The molecule has 31 heavy (non-hydrogen) atoms. The second kappa shape index (κ2) is 8.24. The number of allylic oxidation sites excluding steroid dienone is 1. The van der Waals surface area contributed by atoms with Crippen LogP contribution in [0.25, 0.3) is 16.6 Å². The SMILES string of the molecule is C=C1C=CC(N2CCN(CCCn3c(=O)c4cccn4c4cc(Cl)ccc43)CC2)=NN1. The van der Waals surface area contributed by atoms with Crippen molar-refractivity contribution in [2.24, 2.45) is 5.10 Å². The van der Waals surface area contributed by atoms with Gasteiger partial charge in [0.2, 0.25) is 0 Å². The molecule has 0 spiro atoms. The van der Waals surface area contributed by atoms with E-state index in [0.717, 1.165) is 61.7 Å². The Balaban J connectivity index is 1.25. The number of fused-ring (bicyclic) bond motifs is 3. The minimum Gasteiger partial charge on any atom is -0.353 e. The first-order valence-electron chi connectivity index (χ1n) is 10.6. The van der Waals surface area contributed by atoms with Gasteiger partial charge in [-0.15, -0.1) is 0 Å². The normalized spacial score (nSPS) is 17.4. The van der Waals surface area contributed by atoms with Gasteiger partial charge in [-0.2, -0.15) is 5.10 Å². The summed E-state index contributed by atoms with van der Waals surface area (Å²) in [6, 6.07) is 9.48. The van der Waals surface area contributed by atoms with Crippen molar-refractivity contribution in [2.75, 3.05) is 32.7 Å². The summed E-state index contributed by atoms with van der Waals surface area (Å²) in [7, 11) is 0. The number of aromatic nitrogens is 2. The Kier molecular flexibility index (Phi) is 5.29. The number of piperazine rings is 1. The highest BCUT2D eigenvalue weighted by Crippen LogP contribution is 2.20. The van der Waals surface area contributed by atoms with Gasteiger partial charge in [-0.25, -0.2) is 0 Å². The number of hydrogen-bond donors (Lipinski definition) is 1. The van der Waals surface area contributed by atoms with Gasteiger partial charge in [-0.1, -0.05) is 18.2 Å². The van der Waals surface area contributed by atoms with Crippen molar-refractivity contribution >= 4 is 34.0 Å². The van der Waals surface area contributed by atoms with Crippen LogP contribution in [-0.4, -0.2) is 57.3 Å². The van der Waals surface area contributed by atoms with Crippen LogP contribution >= 0.6 is 11.6 Å². The topological polar surface area (TPSA) is 57.3 Å². The summed E-state index contributed by atoms with van der Waals surface area (Å²) in [4.78, 5) is 17.8. The van der Waals surface area contributed by atoms with Gasteiger partial charge >= 0.3 is 0 Å². The molecular formula is C23H25ClN6O. The molecule has 0 aliphatic carbocycles. The Bertz CT molecular complexity index is 1260. The third-order valence-electron chi connectivity index (χ3n) is 6.00. The van der Waals surface area contributed by atoms with Crippen molar-refractivity contribution in [1.29, 1.82) is 0 Å². The fraction of sp³-hybridized carbons (Fsp3) is 0.304. The largest absolute Gasteiger partial charge is 0.353 e. The molecule has 1 aromatic carbocycles. The number of nitrogens with zero attached hydrogens (tertiary/aromatic N) is 5. The van der Waals surface area contributed by atoms with Crippen molar-refractivity contribution in [2.45, 2.75) is 13.0 Å². The molecule has 1 N–H and O–H groups in total. The molecule has 0 saturated carbocycles. The number of halogens is 1. The van der Waals surface area contributed by atoms with Gasteiger partial charge in [0.1, 0.15) is 11.4 Å². The van der Waals surface area contributed by atoms with Gasteiger partial charge in [0.25, 0.3) is 5.56 Å². The smallest absolute Gasteiger partial charge is 0.275 e. The zero-order valence-electron chi connectivity index (χ0n) is 17.3. The van der Waals surface area contributed by atoms with E-state index in [4.69, 9.17) is 11.6 Å². The van der Waals surface area contributed by atoms with Gasteiger partial charge < -0.3 is 13.9 Å². The monoisotopic (exact) mass is 436 g/mol. The molecule has 2 aromatic heterocycles. The number of rotatable bonds is 4. The predicted molar refractivity (Wildman–Crippen MR) is 126 cm³/mol. The molecule has 5 rings (SSSR count). The lowest BCUT2D eigenvalue weighted by molar-refractivity contribution is 0.178. The fourth-order valence-electron chi connectivity index (χ4n) is 4.36. The van der Waals surface area contributed by atoms with Crippen molar-refractivity contribution < 1.29 is 0 Å². The maximum Gasteiger partial charge on any atom is 0.275 e. The van der Waals surface area contributed by atoms with Crippen LogP contribution < -0.4 is 11.0 Å². The molecule has 0 amide bonds. The summed E-state index contributed by atoms with van der Waals surface area (Å²) in [5.41, 5.74) is 6.34. The zero-order chi connectivity index (χ0) is 21.4. The van der Waals surface area contributed by atoms with E-state index in [1.807, 2.05) is 57.6 Å². The summed E-state index contributed by atoms with van der Waals surface area (Å²) in [5, 5.41) is 5.03. The van der Waals surface area contributed by atoms with E-state index < -0.39 is 0 Å². The maximum atomic E-state index is 13.1. The molecule has 1 saturated heterocycles. The highest BCUT2D eigenvalue weighted by molar-refractivity contribution is 6.31. The maximum absolute atomic E-state index is 13.1. The van der Waals surface area contributed by atoms with Crippen molar-refractivity contribution in [3.63, 3.8) is 0 Å². The molecule has 3 aromatic rings. The number of nitrogens with one attached hydrogen (secondary N) is 1. The molecular weight excluding hydrogens is 412 g/mol. The third-order valence-corrected chi connectivity index (χ3v) is 6.24. The number of benzene rings is 1. The van der Waals surface area contributed by atoms with Gasteiger partial charge in [-0.05, 0) is 55.4 Å². The molecule has 0 bridgehead atoms. The summed E-state index contributed by atoms with van der Waals surface area (Å²) >= 11 is 6.23. The Morgan fingerprint density at radius 2 is 1.87 bits per heavy atom.